The highest BCUT2D eigenvalue weighted by molar-refractivity contribution is 7.92. The molecule has 1 N–H and O–H groups in total. The molecule has 0 radical (unpaired) electrons. The van der Waals surface area contributed by atoms with E-state index in [0.717, 1.165) is 15.4 Å². The summed E-state index contributed by atoms with van der Waals surface area (Å²) in [5.41, 5.74) is 5.32. The SMILES string of the molecule is Cc1ccc(/C=N\NC(=O)CN(c2ccc(Cl)cc2C)S(=O)(=O)c2ccccc2)cc1. The number of nitrogens with zero attached hydrogens (tertiary/aromatic N) is 2. The lowest BCUT2D eigenvalue weighted by Crippen LogP contribution is -2.40. The number of carbonyl (C=O) groups is 1. The Morgan fingerprint density at radius 3 is 2.35 bits per heavy atom. The maximum absolute atomic E-state index is 13.3. The number of amides is 1. The van der Waals surface area contributed by atoms with Crippen molar-refractivity contribution in [3.8, 4) is 0 Å². The minimum Gasteiger partial charge on any atom is -0.271 e. The average molecular weight is 456 g/mol. The molecule has 0 aromatic heterocycles. The Kier molecular flexibility index (Phi) is 7.09. The van der Waals surface area contributed by atoms with Gasteiger partial charge in [0.1, 0.15) is 6.54 Å². The number of aryl methyl sites for hydroxylation is 2. The highest BCUT2D eigenvalue weighted by Gasteiger charge is 2.28. The Morgan fingerprint density at radius 2 is 1.71 bits per heavy atom. The van der Waals surface area contributed by atoms with Gasteiger partial charge in [-0.1, -0.05) is 59.6 Å². The molecule has 0 aliphatic carbocycles. The number of carbonyl (C=O) groups excluding carboxylic acids is 1. The van der Waals surface area contributed by atoms with Crippen LogP contribution in [0.1, 0.15) is 16.7 Å². The van der Waals surface area contributed by atoms with Crippen LogP contribution in [0.25, 0.3) is 0 Å². The summed E-state index contributed by atoms with van der Waals surface area (Å²) >= 11 is 6.03. The number of benzene rings is 3. The van der Waals surface area contributed by atoms with Crippen molar-refractivity contribution in [1.29, 1.82) is 0 Å². The predicted octanol–water partition coefficient (Wildman–Crippen LogP) is 4.30. The van der Waals surface area contributed by atoms with Gasteiger partial charge in [0.25, 0.3) is 15.9 Å². The van der Waals surface area contributed by atoms with Crippen LogP contribution in [-0.2, 0) is 14.8 Å². The van der Waals surface area contributed by atoms with Crippen LogP contribution in [0.2, 0.25) is 5.02 Å². The summed E-state index contributed by atoms with van der Waals surface area (Å²) in [7, 11) is -3.99. The summed E-state index contributed by atoms with van der Waals surface area (Å²) in [5.74, 6) is -0.572. The number of hydrogen-bond acceptors (Lipinski definition) is 4. The van der Waals surface area contributed by atoms with E-state index in [-0.39, 0.29) is 4.90 Å². The minimum atomic E-state index is -3.99. The van der Waals surface area contributed by atoms with E-state index in [1.165, 1.54) is 18.3 Å². The van der Waals surface area contributed by atoms with Crippen molar-refractivity contribution in [3.05, 3.63) is 94.5 Å². The van der Waals surface area contributed by atoms with Gasteiger partial charge in [-0.15, -0.1) is 0 Å². The molecule has 0 aliphatic rings. The number of anilines is 1. The fourth-order valence-corrected chi connectivity index (χ4v) is 4.65. The molecule has 0 saturated carbocycles. The van der Waals surface area contributed by atoms with Crippen molar-refractivity contribution < 1.29 is 13.2 Å². The maximum Gasteiger partial charge on any atom is 0.264 e. The molecule has 0 atom stereocenters. The molecule has 0 unspecified atom stereocenters. The Balaban J connectivity index is 1.86. The number of sulfonamides is 1. The van der Waals surface area contributed by atoms with Crippen molar-refractivity contribution in [1.82, 2.24) is 5.43 Å². The van der Waals surface area contributed by atoms with Gasteiger partial charge in [-0.2, -0.15) is 5.10 Å². The second-order valence-corrected chi connectivity index (χ2v) is 9.26. The van der Waals surface area contributed by atoms with Gasteiger partial charge in [-0.3, -0.25) is 9.10 Å². The van der Waals surface area contributed by atoms with Gasteiger partial charge in [-0.25, -0.2) is 13.8 Å². The monoisotopic (exact) mass is 455 g/mol. The van der Waals surface area contributed by atoms with Crippen molar-refractivity contribution in [2.75, 3.05) is 10.8 Å². The molecule has 3 rings (SSSR count). The van der Waals surface area contributed by atoms with Crippen molar-refractivity contribution in [3.63, 3.8) is 0 Å². The van der Waals surface area contributed by atoms with Gasteiger partial charge < -0.3 is 0 Å². The van der Waals surface area contributed by atoms with Crippen LogP contribution in [0, 0.1) is 13.8 Å². The van der Waals surface area contributed by atoms with Gasteiger partial charge in [-0.05, 0) is 55.3 Å². The van der Waals surface area contributed by atoms with E-state index in [9.17, 15) is 13.2 Å². The van der Waals surface area contributed by atoms with Gasteiger partial charge in [0.2, 0.25) is 0 Å². The van der Waals surface area contributed by atoms with Gasteiger partial charge in [0.15, 0.2) is 0 Å². The van der Waals surface area contributed by atoms with E-state index in [1.54, 1.807) is 43.3 Å². The third-order valence-electron chi connectivity index (χ3n) is 4.53. The molecule has 0 saturated heterocycles. The van der Waals surface area contributed by atoms with E-state index < -0.39 is 22.5 Å². The number of nitrogens with one attached hydrogen (secondary N) is 1. The van der Waals surface area contributed by atoms with Crippen LogP contribution in [0.5, 0.6) is 0 Å². The van der Waals surface area contributed by atoms with Crippen molar-refractivity contribution >= 4 is 39.4 Å². The van der Waals surface area contributed by atoms with Crippen LogP contribution in [0.15, 0.2) is 82.8 Å². The normalized spacial score (nSPS) is 11.5. The molecule has 31 heavy (non-hydrogen) atoms. The fourth-order valence-electron chi connectivity index (χ4n) is 2.92. The molecule has 0 heterocycles. The molecule has 160 valence electrons. The second-order valence-electron chi connectivity index (χ2n) is 6.96. The van der Waals surface area contributed by atoms with Crippen LogP contribution in [-0.4, -0.2) is 27.1 Å². The lowest BCUT2D eigenvalue weighted by molar-refractivity contribution is -0.119. The number of hydrazone groups is 1. The zero-order chi connectivity index (χ0) is 22.4. The largest absolute Gasteiger partial charge is 0.271 e. The van der Waals surface area contributed by atoms with Gasteiger partial charge in [0, 0.05) is 5.02 Å². The smallest absolute Gasteiger partial charge is 0.264 e. The molecule has 8 heteroatoms. The first kappa shape index (κ1) is 22.5. The summed E-state index contributed by atoms with van der Waals surface area (Å²) in [6.07, 6.45) is 1.50. The molecule has 1 amide bonds. The summed E-state index contributed by atoms with van der Waals surface area (Å²) in [6, 6.07) is 20.4. The van der Waals surface area contributed by atoms with Crippen LogP contribution in [0.3, 0.4) is 0 Å². The molecule has 0 aliphatic heterocycles. The Hall–Kier alpha value is -3.16. The molecule has 0 fully saturated rings. The first-order chi connectivity index (χ1) is 14.8. The van der Waals surface area contributed by atoms with Gasteiger partial charge in [0.05, 0.1) is 16.8 Å². The first-order valence-electron chi connectivity index (χ1n) is 9.50. The topological polar surface area (TPSA) is 78.8 Å². The molecule has 3 aromatic carbocycles. The zero-order valence-corrected chi connectivity index (χ0v) is 18.7. The molecule has 3 aromatic rings. The summed E-state index contributed by atoms with van der Waals surface area (Å²) in [4.78, 5) is 12.7. The Morgan fingerprint density at radius 1 is 1.03 bits per heavy atom. The van der Waals surface area contributed by atoms with E-state index in [1.807, 2.05) is 31.2 Å². The summed E-state index contributed by atoms with van der Waals surface area (Å²) < 4.78 is 27.7. The van der Waals surface area contributed by atoms with Crippen LogP contribution < -0.4 is 9.73 Å². The van der Waals surface area contributed by atoms with E-state index in [4.69, 9.17) is 11.6 Å². The first-order valence-corrected chi connectivity index (χ1v) is 11.3. The lowest BCUT2D eigenvalue weighted by Gasteiger charge is -2.25. The zero-order valence-electron chi connectivity index (χ0n) is 17.1. The molecule has 0 bridgehead atoms. The Bertz CT molecular complexity index is 1190. The second kappa shape index (κ2) is 9.76. The quantitative estimate of drug-likeness (QED) is 0.426. The third-order valence-corrected chi connectivity index (χ3v) is 6.54. The number of rotatable bonds is 7. The standard InChI is InChI=1S/C23H22ClN3O3S/c1-17-8-10-19(11-9-17)15-25-26-23(28)16-27(22-13-12-20(24)14-18(22)2)31(29,30)21-6-4-3-5-7-21/h3-15H,16H2,1-2H3,(H,26,28)/b25-15-. The number of halogens is 1. The van der Waals surface area contributed by atoms with Crippen LogP contribution in [0.4, 0.5) is 5.69 Å². The Labute approximate surface area is 187 Å². The third kappa shape index (κ3) is 5.71. The average Bonchev–Trinajstić information content (AvgIpc) is 2.74. The predicted molar refractivity (Wildman–Crippen MR) is 124 cm³/mol. The van der Waals surface area contributed by atoms with Crippen molar-refractivity contribution in [2.45, 2.75) is 18.7 Å². The van der Waals surface area contributed by atoms with E-state index >= 15 is 0 Å². The fraction of sp³-hybridized carbons (Fsp3) is 0.130. The van der Waals surface area contributed by atoms with Crippen molar-refractivity contribution in [2.24, 2.45) is 5.10 Å². The lowest BCUT2D eigenvalue weighted by atomic mass is 10.2. The molecule has 6 nitrogen and oxygen atoms in total. The van der Waals surface area contributed by atoms with Crippen LogP contribution >= 0.6 is 11.6 Å². The van der Waals surface area contributed by atoms with E-state index in [2.05, 4.69) is 10.5 Å². The van der Waals surface area contributed by atoms with Gasteiger partial charge >= 0.3 is 0 Å². The summed E-state index contributed by atoms with van der Waals surface area (Å²) in [6.45, 7) is 3.27. The molecule has 0 spiro atoms. The number of hydrogen-bond donors (Lipinski definition) is 1. The highest BCUT2D eigenvalue weighted by atomic mass is 35.5. The minimum absolute atomic E-state index is 0.0836. The highest BCUT2D eigenvalue weighted by Crippen LogP contribution is 2.28. The summed E-state index contributed by atoms with van der Waals surface area (Å²) in [5, 5.41) is 4.42. The maximum atomic E-state index is 13.3. The van der Waals surface area contributed by atoms with E-state index in [0.29, 0.717) is 16.3 Å². The molecular formula is C23H22ClN3O3S. The molecular weight excluding hydrogens is 434 g/mol.